The Morgan fingerprint density at radius 2 is 1.97 bits per heavy atom. The highest BCUT2D eigenvalue weighted by Crippen LogP contribution is 2.30. The molecule has 1 atom stereocenters. The monoisotopic (exact) mass is 409 g/mol. The van der Waals surface area contributed by atoms with Gasteiger partial charge in [-0.1, -0.05) is 13.3 Å². The van der Waals surface area contributed by atoms with Crippen molar-refractivity contribution in [3.63, 3.8) is 0 Å². The molecule has 4 rings (SSSR count). The van der Waals surface area contributed by atoms with Crippen LogP contribution in [0, 0.1) is 12.7 Å². The number of nitrogens with two attached hydrogens (primary N) is 1. The van der Waals surface area contributed by atoms with Crippen molar-refractivity contribution in [3.8, 4) is 22.4 Å². The Balaban J connectivity index is 0.000000199. The smallest absolute Gasteiger partial charge is 0.123 e. The van der Waals surface area contributed by atoms with Gasteiger partial charge in [0.1, 0.15) is 5.82 Å². The number of pyridine rings is 1. The van der Waals surface area contributed by atoms with Crippen LogP contribution in [0.2, 0.25) is 0 Å². The summed E-state index contributed by atoms with van der Waals surface area (Å²) in [5, 5.41) is 7.05. The zero-order valence-electron chi connectivity index (χ0n) is 17.9. The fourth-order valence-corrected chi connectivity index (χ4v) is 4.05. The number of rotatable bonds is 5. The zero-order chi connectivity index (χ0) is 21.3. The number of piperidine rings is 1. The summed E-state index contributed by atoms with van der Waals surface area (Å²) in [4.78, 5) is 6.75. The van der Waals surface area contributed by atoms with Crippen LogP contribution in [-0.4, -0.2) is 45.8 Å². The first-order valence-corrected chi connectivity index (χ1v) is 10.8. The van der Waals surface area contributed by atoms with E-state index in [2.05, 4.69) is 27.0 Å². The Morgan fingerprint density at radius 3 is 2.67 bits per heavy atom. The molecule has 160 valence electrons. The van der Waals surface area contributed by atoms with Crippen molar-refractivity contribution in [3.05, 3.63) is 60.3 Å². The minimum absolute atomic E-state index is 0.246. The number of benzene rings is 1. The van der Waals surface area contributed by atoms with Crippen molar-refractivity contribution < 1.29 is 4.39 Å². The van der Waals surface area contributed by atoms with Gasteiger partial charge >= 0.3 is 0 Å². The molecule has 1 aliphatic rings. The van der Waals surface area contributed by atoms with Crippen LogP contribution < -0.4 is 5.73 Å². The third kappa shape index (κ3) is 5.74. The molecule has 3 aromatic rings. The average Bonchev–Trinajstić information content (AvgIpc) is 3.25. The van der Waals surface area contributed by atoms with Crippen LogP contribution in [0.25, 0.3) is 22.4 Å². The number of nitrogens with one attached hydrogen (secondary N) is 1. The van der Waals surface area contributed by atoms with E-state index < -0.39 is 0 Å². The Kier molecular flexibility index (Phi) is 8.11. The maximum absolute atomic E-state index is 13.0. The number of aryl methyl sites for hydroxylation is 1. The van der Waals surface area contributed by atoms with Crippen molar-refractivity contribution in [2.45, 2.75) is 45.6 Å². The van der Waals surface area contributed by atoms with E-state index in [0.29, 0.717) is 0 Å². The highest BCUT2D eigenvalue weighted by Gasteiger charge is 2.19. The van der Waals surface area contributed by atoms with E-state index >= 15 is 0 Å². The minimum atomic E-state index is -0.246. The summed E-state index contributed by atoms with van der Waals surface area (Å²) in [7, 11) is 0. The fraction of sp³-hybridized carbons (Fsp3) is 0.417. The molecule has 30 heavy (non-hydrogen) atoms. The van der Waals surface area contributed by atoms with Crippen molar-refractivity contribution >= 4 is 0 Å². The SMILES string of the molecule is CCN1CCCCC1CCN.Cc1cc(-c2cn[nH]c2-c2ccc(F)cc2)ccn1. The van der Waals surface area contributed by atoms with E-state index in [0.717, 1.165) is 40.7 Å². The van der Waals surface area contributed by atoms with Crippen molar-refractivity contribution in [1.29, 1.82) is 0 Å². The first kappa shape index (κ1) is 22.1. The van der Waals surface area contributed by atoms with Gasteiger partial charge in [0.05, 0.1) is 11.9 Å². The molecule has 0 amide bonds. The lowest BCUT2D eigenvalue weighted by Gasteiger charge is -2.34. The Hall–Kier alpha value is -2.57. The van der Waals surface area contributed by atoms with E-state index in [1.807, 2.05) is 19.1 Å². The standard InChI is InChI=1S/C15H12FN3.C9H20N2/c1-10-8-12(6-7-17-10)14-9-18-19-15(14)11-2-4-13(16)5-3-11;1-2-11-8-4-3-5-9(11)6-7-10/h2-9H,1H3,(H,18,19);9H,2-8,10H2,1H3. The molecule has 2 aromatic heterocycles. The predicted octanol–water partition coefficient (Wildman–Crippen LogP) is 4.80. The van der Waals surface area contributed by atoms with E-state index in [-0.39, 0.29) is 5.82 Å². The van der Waals surface area contributed by atoms with Crippen LogP contribution in [0.3, 0.4) is 0 Å². The molecule has 0 bridgehead atoms. The molecule has 0 radical (unpaired) electrons. The zero-order valence-corrected chi connectivity index (χ0v) is 17.9. The molecule has 1 fully saturated rings. The van der Waals surface area contributed by atoms with E-state index in [9.17, 15) is 4.39 Å². The first-order valence-electron chi connectivity index (χ1n) is 10.8. The Labute approximate surface area is 178 Å². The summed E-state index contributed by atoms with van der Waals surface area (Å²) in [6.45, 7) is 7.53. The summed E-state index contributed by atoms with van der Waals surface area (Å²) in [6.07, 6.45) is 8.88. The maximum atomic E-state index is 13.0. The number of nitrogens with zero attached hydrogens (tertiary/aromatic N) is 3. The van der Waals surface area contributed by atoms with Gasteiger partial charge in [0.15, 0.2) is 0 Å². The molecule has 1 aromatic carbocycles. The van der Waals surface area contributed by atoms with Gasteiger partial charge in [0.25, 0.3) is 0 Å². The lowest BCUT2D eigenvalue weighted by molar-refractivity contribution is 0.150. The average molecular weight is 410 g/mol. The highest BCUT2D eigenvalue weighted by atomic mass is 19.1. The van der Waals surface area contributed by atoms with Gasteiger partial charge in [-0.2, -0.15) is 5.10 Å². The van der Waals surface area contributed by atoms with Gasteiger partial charge in [0, 0.05) is 29.1 Å². The topological polar surface area (TPSA) is 70.8 Å². The van der Waals surface area contributed by atoms with Crippen LogP contribution in [0.5, 0.6) is 0 Å². The number of hydrogen-bond donors (Lipinski definition) is 2. The van der Waals surface area contributed by atoms with Gasteiger partial charge < -0.3 is 10.6 Å². The number of likely N-dealkylation sites (tertiary alicyclic amines) is 1. The molecular formula is C24H32FN5. The summed E-state index contributed by atoms with van der Waals surface area (Å²) in [6, 6.07) is 11.1. The van der Waals surface area contributed by atoms with Gasteiger partial charge in [-0.3, -0.25) is 10.1 Å². The quantitative estimate of drug-likeness (QED) is 0.635. The Morgan fingerprint density at radius 1 is 1.17 bits per heavy atom. The second kappa shape index (κ2) is 11.0. The molecular weight excluding hydrogens is 377 g/mol. The molecule has 3 heterocycles. The van der Waals surface area contributed by atoms with Crippen LogP contribution in [0.4, 0.5) is 4.39 Å². The lowest BCUT2D eigenvalue weighted by atomic mass is 10.00. The first-order chi connectivity index (χ1) is 14.6. The molecule has 1 saturated heterocycles. The summed E-state index contributed by atoms with van der Waals surface area (Å²) in [5.74, 6) is -0.246. The molecule has 3 N–H and O–H groups in total. The summed E-state index contributed by atoms with van der Waals surface area (Å²) in [5.41, 5.74) is 10.3. The normalized spacial score (nSPS) is 16.7. The van der Waals surface area contributed by atoms with Crippen LogP contribution >= 0.6 is 0 Å². The summed E-state index contributed by atoms with van der Waals surface area (Å²) < 4.78 is 13.0. The molecule has 0 aliphatic carbocycles. The van der Waals surface area contributed by atoms with Crippen LogP contribution in [-0.2, 0) is 0 Å². The van der Waals surface area contributed by atoms with Crippen molar-refractivity contribution in [1.82, 2.24) is 20.1 Å². The molecule has 0 saturated carbocycles. The molecule has 0 spiro atoms. The number of hydrogen-bond acceptors (Lipinski definition) is 4. The number of halogens is 1. The second-order valence-electron chi connectivity index (χ2n) is 7.71. The number of aromatic amines is 1. The van der Waals surface area contributed by atoms with Gasteiger partial charge in [-0.25, -0.2) is 4.39 Å². The third-order valence-electron chi connectivity index (χ3n) is 5.64. The van der Waals surface area contributed by atoms with Crippen molar-refractivity contribution in [2.75, 3.05) is 19.6 Å². The molecule has 1 aliphatic heterocycles. The Bertz CT molecular complexity index is 904. The maximum Gasteiger partial charge on any atom is 0.123 e. The van der Waals surface area contributed by atoms with Crippen LogP contribution in [0.15, 0.2) is 48.8 Å². The minimum Gasteiger partial charge on any atom is -0.330 e. The number of aromatic nitrogens is 3. The van der Waals surface area contributed by atoms with Gasteiger partial charge in [-0.15, -0.1) is 0 Å². The van der Waals surface area contributed by atoms with E-state index in [4.69, 9.17) is 5.73 Å². The van der Waals surface area contributed by atoms with Gasteiger partial charge in [-0.05, 0) is 87.8 Å². The lowest BCUT2D eigenvalue weighted by Crippen LogP contribution is -2.40. The fourth-order valence-electron chi connectivity index (χ4n) is 4.05. The van der Waals surface area contributed by atoms with Crippen molar-refractivity contribution in [2.24, 2.45) is 5.73 Å². The number of H-pyrrole nitrogens is 1. The largest absolute Gasteiger partial charge is 0.330 e. The molecule has 5 nitrogen and oxygen atoms in total. The third-order valence-corrected chi connectivity index (χ3v) is 5.64. The predicted molar refractivity (Wildman–Crippen MR) is 121 cm³/mol. The second-order valence-corrected chi connectivity index (χ2v) is 7.71. The molecule has 1 unspecified atom stereocenters. The van der Waals surface area contributed by atoms with Gasteiger partial charge in [0.2, 0.25) is 0 Å². The van der Waals surface area contributed by atoms with E-state index in [1.54, 1.807) is 24.5 Å². The van der Waals surface area contributed by atoms with E-state index in [1.165, 1.54) is 50.9 Å². The summed E-state index contributed by atoms with van der Waals surface area (Å²) >= 11 is 0. The highest BCUT2D eigenvalue weighted by molar-refractivity contribution is 5.80. The van der Waals surface area contributed by atoms with Crippen LogP contribution in [0.1, 0.15) is 38.3 Å². The molecule has 6 heteroatoms.